The third kappa shape index (κ3) is 38.4. The maximum atomic E-state index is 14.2. The van der Waals surface area contributed by atoms with Crippen LogP contribution in [0.15, 0.2) is 82.6 Å². The predicted molar refractivity (Wildman–Crippen MR) is 410 cm³/mol. The number of hydrogen-bond acceptors (Lipinski definition) is 12. The summed E-state index contributed by atoms with van der Waals surface area (Å²) in [5, 5.41) is 0. The topological polar surface area (TPSA) is 142 Å². The Morgan fingerprint density at radius 1 is 0.253 bits per heavy atom. The molecule has 4 rings (SSSR count). The van der Waals surface area contributed by atoms with Crippen LogP contribution in [-0.2, 0) is 9.84 Å². The number of carbonyl (C=O) groups is 2. The number of rotatable bonds is 66. The van der Waals surface area contributed by atoms with Crippen molar-refractivity contribution < 1.29 is 55.9 Å². The number of carbonyl (C=O) groups excluding carboxylic acids is 2. The SMILES string of the molecule is CCCCCCCCCCOc1cc(C(=O)Oc2ccc(S(=O)(=O)c3ccc(OC(=O)c4cc(OCCCCCCCCCC)c(OCCCCCCCCCC)c(OCCCCCCCCCC)c4)cc3)cc2)cc(OCCCCCCCCCC)c1OCCCCCCCCCC. The molecule has 560 valence electrons. The highest BCUT2D eigenvalue weighted by Gasteiger charge is 2.25. The first-order valence-electron chi connectivity index (χ1n) is 40.6. The number of sulfone groups is 1. The first-order valence-corrected chi connectivity index (χ1v) is 42.1. The number of ether oxygens (including phenoxy) is 8. The molecule has 12 nitrogen and oxygen atoms in total. The van der Waals surface area contributed by atoms with E-state index in [-0.39, 0.29) is 32.4 Å². The molecule has 0 aliphatic rings. The summed E-state index contributed by atoms with van der Waals surface area (Å²) in [5.41, 5.74) is 0.481. The van der Waals surface area contributed by atoms with Crippen LogP contribution in [0.1, 0.15) is 370 Å². The van der Waals surface area contributed by atoms with Gasteiger partial charge in [-0.25, -0.2) is 18.0 Å². The van der Waals surface area contributed by atoms with Gasteiger partial charge in [-0.2, -0.15) is 0 Å². The standard InChI is InChI=1S/C86H138O12S/c1-7-13-19-25-31-37-43-49-63-91-79-69-73(70-80(92-64-50-44-38-32-26-20-14-8-2)83(79)95-67-53-47-41-35-29-23-17-11-5)85(87)97-75-55-59-77(60-56-75)99(89,90)78-61-57-76(58-62-78)98-86(88)74-71-81(93-65-51-45-39-33-27-21-15-9-3)84(96-68-54-48-42-36-30-24-18-12-6)82(72-74)94-66-52-46-40-34-28-22-16-10-4/h55-62,69-72H,7-54,63-68H2,1-6H3. The van der Waals surface area contributed by atoms with Gasteiger partial charge in [-0.1, -0.05) is 311 Å². The first kappa shape index (κ1) is 86.0. The van der Waals surface area contributed by atoms with Crippen LogP contribution in [0.4, 0.5) is 0 Å². The molecule has 0 aromatic heterocycles. The maximum Gasteiger partial charge on any atom is 0.343 e. The summed E-state index contributed by atoms with van der Waals surface area (Å²) in [5.74, 6) is 1.92. The summed E-state index contributed by atoms with van der Waals surface area (Å²) in [6.45, 7) is 16.4. The van der Waals surface area contributed by atoms with Gasteiger partial charge < -0.3 is 37.9 Å². The molecule has 0 radical (unpaired) electrons. The molecule has 0 aliphatic carbocycles. The van der Waals surface area contributed by atoms with E-state index in [1.165, 1.54) is 254 Å². The fourth-order valence-electron chi connectivity index (χ4n) is 12.4. The Morgan fingerprint density at radius 2 is 0.434 bits per heavy atom. The van der Waals surface area contributed by atoms with Crippen LogP contribution in [0.2, 0.25) is 0 Å². The van der Waals surface area contributed by atoms with E-state index in [2.05, 4.69) is 41.5 Å². The summed E-state index contributed by atoms with van der Waals surface area (Å²) < 4.78 is 79.5. The van der Waals surface area contributed by atoms with Crippen LogP contribution in [0.3, 0.4) is 0 Å². The van der Waals surface area contributed by atoms with Gasteiger partial charge in [0.2, 0.25) is 21.3 Å². The minimum Gasteiger partial charge on any atom is -0.490 e. The number of esters is 2. The molecule has 0 spiro atoms. The maximum absolute atomic E-state index is 14.2. The molecule has 0 aliphatic heterocycles. The van der Waals surface area contributed by atoms with Gasteiger partial charge in [0.05, 0.1) is 60.6 Å². The normalized spacial score (nSPS) is 11.5. The molecule has 99 heavy (non-hydrogen) atoms. The summed E-state index contributed by atoms with van der Waals surface area (Å²) in [6, 6.07) is 18.4. The molecule has 0 saturated heterocycles. The molecule has 0 heterocycles. The number of unbranched alkanes of at least 4 members (excludes halogenated alkanes) is 42. The number of benzene rings is 4. The zero-order valence-electron chi connectivity index (χ0n) is 63.4. The average molecular weight is 1400 g/mol. The van der Waals surface area contributed by atoms with Gasteiger partial charge in [-0.15, -0.1) is 0 Å². The fourth-order valence-corrected chi connectivity index (χ4v) is 13.7. The van der Waals surface area contributed by atoms with Crippen molar-refractivity contribution in [3.63, 3.8) is 0 Å². The van der Waals surface area contributed by atoms with Crippen LogP contribution in [0, 0.1) is 0 Å². The monoisotopic (exact) mass is 1390 g/mol. The Hall–Kier alpha value is -5.43. The van der Waals surface area contributed by atoms with Gasteiger partial charge in [0.25, 0.3) is 0 Å². The lowest BCUT2D eigenvalue weighted by molar-refractivity contribution is 0.0724. The summed E-state index contributed by atoms with van der Waals surface area (Å²) in [7, 11) is -4.06. The molecule has 0 saturated carbocycles. The molecule has 0 atom stereocenters. The predicted octanol–water partition coefficient (Wildman–Crippen LogP) is 26.1. The van der Waals surface area contributed by atoms with Crippen LogP contribution < -0.4 is 37.9 Å². The van der Waals surface area contributed by atoms with Crippen molar-refractivity contribution in [1.82, 2.24) is 0 Å². The van der Waals surface area contributed by atoms with Crippen molar-refractivity contribution in [2.45, 2.75) is 360 Å². The lowest BCUT2D eigenvalue weighted by Crippen LogP contribution is -2.12. The molecule has 0 fully saturated rings. The second kappa shape index (κ2) is 57.1. The fraction of sp³-hybridized carbons (Fsp3) is 0.698. The van der Waals surface area contributed by atoms with E-state index in [4.69, 9.17) is 37.9 Å². The van der Waals surface area contributed by atoms with Gasteiger partial charge in [0, 0.05) is 0 Å². The summed E-state index contributed by atoms with van der Waals surface area (Å²) in [6.07, 6.45) is 56.2. The highest BCUT2D eigenvalue weighted by Crippen LogP contribution is 2.42. The minimum atomic E-state index is -4.06. The van der Waals surface area contributed by atoms with Gasteiger partial charge in [0.15, 0.2) is 23.0 Å². The van der Waals surface area contributed by atoms with Crippen molar-refractivity contribution in [2.24, 2.45) is 0 Å². The third-order valence-electron chi connectivity index (χ3n) is 18.7. The lowest BCUT2D eigenvalue weighted by atomic mass is 10.1. The Kier molecular flexibility index (Phi) is 49.6. The Balaban J connectivity index is 1.53. The zero-order chi connectivity index (χ0) is 70.9. The van der Waals surface area contributed by atoms with E-state index in [0.717, 1.165) is 103 Å². The third-order valence-corrected chi connectivity index (χ3v) is 20.5. The van der Waals surface area contributed by atoms with Crippen LogP contribution >= 0.6 is 0 Å². The van der Waals surface area contributed by atoms with E-state index in [9.17, 15) is 18.0 Å². The van der Waals surface area contributed by atoms with E-state index >= 15 is 0 Å². The van der Waals surface area contributed by atoms with Crippen LogP contribution in [0.5, 0.6) is 46.0 Å². The Bertz CT molecular complexity index is 2490. The smallest absolute Gasteiger partial charge is 0.343 e. The Labute approximate surface area is 603 Å². The average Bonchev–Trinajstić information content (AvgIpc) is 0.817. The Morgan fingerprint density at radius 3 is 0.636 bits per heavy atom. The molecule has 13 heteroatoms. The molecule has 0 N–H and O–H groups in total. The van der Waals surface area contributed by atoms with Crippen LogP contribution in [-0.4, -0.2) is 60.0 Å². The lowest BCUT2D eigenvalue weighted by Gasteiger charge is -2.19. The molecule has 0 unspecified atom stereocenters. The van der Waals surface area contributed by atoms with E-state index in [0.29, 0.717) is 74.1 Å². The highest BCUT2D eigenvalue weighted by molar-refractivity contribution is 7.91. The van der Waals surface area contributed by atoms with Crippen molar-refractivity contribution in [1.29, 1.82) is 0 Å². The summed E-state index contributed by atoms with van der Waals surface area (Å²) >= 11 is 0. The largest absolute Gasteiger partial charge is 0.490 e. The van der Waals surface area contributed by atoms with E-state index in [1.807, 2.05) is 0 Å². The van der Waals surface area contributed by atoms with Gasteiger partial charge >= 0.3 is 11.9 Å². The van der Waals surface area contributed by atoms with Gasteiger partial charge in [-0.3, -0.25) is 0 Å². The van der Waals surface area contributed by atoms with Crippen molar-refractivity contribution in [3.8, 4) is 46.0 Å². The quantitative estimate of drug-likeness (QED) is 0.0236. The number of hydrogen-bond donors (Lipinski definition) is 0. The van der Waals surface area contributed by atoms with E-state index in [1.54, 1.807) is 24.3 Å². The molecule has 0 bridgehead atoms. The first-order chi connectivity index (χ1) is 48.6. The van der Waals surface area contributed by atoms with E-state index < -0.39 is 21.8 Å². The minimum absolute atomic E-state index is 0.00190. The second-order valence-electron chi connectivity index (χ2n) is 27.8. The van der Waals surface area contributed by atoms with Crippen molar-refractivity contribution in [2.75, 3.05) is 39.6 Å². The van der Waals surface area contributed by atoms with Gasteiger partial charge in [0.1, 0.15) is 11.5 Å². The second-order valence-corrected chi connectivity index (χ2v) is 29.7. The molecular formula is C86H138O12S. The summed E-state index contributed by atoms with van der Waals surface area (Å²) in [4.78, 5) is 28.4. The highest BCUT2D eigenvalue weighted by atomic mass is 32.2. The van der Waals surface area contributed by atoms with Gasteiger partial charge in [-0.05, 0) is 111 Å². The zero-order valence-corrected chi connectivity index (χ0v) is 64.2. The molecule has 4 aromatic rings. The van der Waals surface area contributed by atoms with Crippen molar-refractivity contribution >= 4 is 21.8 Å². The van der Waals surface area contributed by atoms with Crippen LogP contribution in [0.25, 0.3) is 0 Å². The molecule has 0 amide bonds. The molecule has 4 aromatic carbocycles. The van der Waals surface area contributed by atoms with Crippen molar-refractivity contribution in [3.05, 3.63) is 83.9 Å². The molecular weight excluding hydrogens is 1260 g/mol.